The fourth-order valence-electron chi connectivity index (χ4n) is 2.20. The van der Waals surface area contributed by atoms with Crippen molar-refractivity contribution in [2.75, 3.05) is 0 Å². The molecule has 0 aromatic carbocycles. The second kappa shape index (κ2) is 7.53. The lowest BCUT2D eigenvalue weighted by Gasteiger charge is -2.23. The van der Waals surface area contributed by atoms with Gasteiger partial charge in [0.25, 0.3) is 0 Å². The molecular weight excluding hydrogens is 186 g/mol. The molecule has 0 aromatic rings. The van der Waals surface area contributed by atoms with Crippen LogP contribution in [0.15, 0.2) is 5.70 Å². The minimum absolute atomic E-state index is 0.539. The van der Waals surface area contributed by atoms with Crippen molar-refractivity contribution in [3.8, 4) is 0 Å². The molecule has 1 rings (SSSR count). The van der Waals surface area contributed by atoms with Crippen LogP contribution in [0.4, 0.5) is 0 Å². The van der Waals surface area contributed by atoms with Gasteiger partial charge in [-0.3, -0.25) is 0 Å². The van der Waals surface area contributed by atoms with Gasteiger partial charge in [-0.05, 0) is 25.7 Å². The molecule has 0 aromatic heterocycles. The lowest BCUT2D eigenvalue weighted by molar-refractivity contribution is 0.391. The fraction of sp³-hybridized carbons (Fsp3) is 0.846. The van der Waals surface area contributed by atoms with Crippen LogP contribution >= 0.6 is 0 Å². The van der Waals surface area contributed by atoms with Gasteiger partial charge in [0.2, 0.25) is 0 Å². The SMILES string of the molecule is CCCCCC(=C=O)NC1CCCCC1. The van der Waals surface area contributed by atoms with Crippen molar-refractivity contribution in [1.82, 2.24) is 5.32 Å². The number of carbonyl (C=O) groups excluding carboxylic acids is 1. The van der Waals surface area contributed by atoms with Crippen LogP contribution in [0.3, 0.4) is 0 Å². The highest BCUT2D eigenvalue weighted by molar-refractivity contribution is 5.51. The van der Waals surface area contributed by atoms with Gasteiger partial charge in [0.1, 0.15) is 5.94 Å². The Morgan fingerprint density at radius 2 is 2.00 bits per heavy atom. The summed E-state index contributed by atoms with van der Waals surface area (Å²) in [6.07, 6.45) is 10.8. The number of unbranched alkanes of at least 4 members (excludes halogenated alkanes) is 2. The number of allylic oxidation sites excluding steroid dienone is 1. The summed E-state index contributed by atoms with van der Waals surface area (Å²) in [4.78, 5) is 10.7. The predicted octanol–water partition coefficient (Wildman–Crippen LogP) is 3.20. The van der Waals surface area contributed by atoms with Crippen LogP contribution in [-0.2, 0) is 4.79 Å². The van der Waals surface area contributed by atoms with Gasteiger partial charge in [-0.15, -0.1) is 0 Å². The van der Waals surface area contributed by atoms with Gasteiger partial charge < -0.3 is 5.32 Å². The van der Waals surface area contributed by atoms with Crippen LogP contribution in [0.1, 0.15) is 64.7 Å². The summed E-state index contributed by atoms with van der Waals surface area (Å²) in [6.45, 7) is 2.18. The van der Waals surface area contributed by atoms with Crippen molar-refractivity contribution in [3.63, 3.8) is 0 Å². The zero-order chi connectivity index (χ0) is 10.9. The first kappa shape index (κ1) is 12.3. The fourth-order valence-corrected chi connectivity index (χ4v) is 2.20. The van der Waals surface area contributed by atoms with E-state index < -0.39 is 0 Å². The van der Waals surface area contributed by atoms with Crippen molar-refractivity contribution >= 4 is 5.94 Å². The molecule has 0 radical (unpaired) electrons. The van der Waals surface area contributed by atoms with Gasteiger partial charge in [0.15, 0.2) is 0 Å². The van der Waals surface area contributed by atoms with E-state index in [1.165, 1.54) is 44.9 Å². The van der Waals surface area contributed by atoms with Crippen molar-refractivity contribution in [2.45, 2.75) is 70.8 Å². The molecule has 0 spiro atoms. The average molecular weight is 209 g/mol. The predicted molar refractivity (Wildman–Crippen MR) is 63.4 cm³/mol. The monoisotopic (exact) mass is 209 g/mol. The summed E-state index contributed by atoms with van der Waals surface area (Å²) >= 11 is 0. The smallest absolute Gasteiger partial charge is 0.145 e. The van der Waals surface area contributed by atoms with E-state index in [2.05, 4.69) is 18.2 Å². The first-order valence-corrected chi connectivity index (χ1v) is 6.37. The van der Waals surface area contributed by atoms with Gasteiger partial charge >= 0.3 is 0 Å². The van der Waals surface area contributed by atoms with Gasteiger partial charge in [-0.2, -0.15) is 0 Å². The summed E-state index contributed by atoms with van der Waals surface area (Å²) in [6, 6.07) is 0.539. The minimum atomic E-state index is 0.539. The van der Waals surface area contributed by atoms with Crippen molar-refractivity contribution in [2.24, 2.45) is 0 Å². The van der Waals surface area contributed by atoms with Gasteiger partial charge in [0, 0.05) is 6.04 Å². The minimum Gasteiger partial charge on any atom is -0.377 e. The molecule has 0 atom stereocenters. The summed E-state index contributed by atoms with van der Waals surface area (Å²) in [5.41, 5.74) is 0.801. The molecule has 2 nitrogen and oxygen atoms in total. The maximum Gasteiger partial charge on any atom is 0.145 e. The lowest BCUT2D eigenvalue weighted by atomic mass is 9.95. The summed E-state index contributed by atoms with van der Waals surface area (Å²) in [5.74, 6) is 2.06. The Kier molecular flexibility index (Phi) is 6.18. The van der Waals surface area contributed by atoms with Crippen LogP contribution in [0.2, 0.25) is 0 Å². The van der Waals surface area contributed by atoms with E-state index in [1.807, 2.05) is 0 Å². The number of nitrogens with one attached hydrogen (secondary N) is 1. The normalized spacial score (nSPS) is 17.1. The molecule has 0 heterocycles. The highest BCUT2D eigenvalue weighted by atomic mass is 16.1. The van der Waals surface area contributed by atoms with E-state index in [0.717, 1.165) is 18.5 Å². The molecule has 1 saturated carbocycles. The molecule has 1 aliphatic rings. The summed E-state index contributed by atoms with van der Waals surface area (Å²) < 4.78 is 0. The molecule has 0 aliphatic heterocycles. The second-order valence-electron chi connectivity index (χ2n) is 4.52. The molecule has 86 valence electrons. The third kappa shape index (κ3) is 5.03. The summed E-state index contributed by atoms with van der Waals surface area (Å²) in [5, 5.41) is 3.36. The number of hydrogen-bond acceptors (Lipinski definition) is 2. The molecule has 0 amide bonds. The largest absolute Gasteiger partial charge is 0.377 e. The Bertz CT molecular complexity index is 213. The molecule has 1 aliphatic carbocycles. The Morgan fingerprint density at radius 1 is 1.27 bits per heavy atom. The Hall–Kier alpha value is -0.750. The highest BCUT2D eigenvalue weighted by Crippen LogP contribution is 2.18. The Morgan fingerprint density at radius 3 is 2.60 bits per heavy atom. The van der Waals surface area contributed by atoms with Gasteiger partial charge in [0.05, 0.1) is 5.70 Å². The lowest BCUT2D eigenvalue weighted by Crippen LogP contribution is -2.30. The average Bonchev–Trinajstić information content (AvgIpc) is 2.29. The standard InChI is InChI=1S/C13H23NO/c1-2-3-5-10-13(11-15)14-12-8-6-4-7-9-12/h12,14H,2-10H2,1H3. The first-order valence-electron chi connectivity index (χ1n) is 6.37. The highest BCUT2D eigenvalue weighted by Gasteiger charge is 2.13. The molecular formula is C13H23NO. The van der Waals surface area contributed by atoms with Crippen LogP contribution in [-0.4, -0.2) is 12.0 Å². The topological polar surface area (TPSA) is 29.1 Å². The van der Waals surface area contributed by atoms with Gasteiger partial charge in [-0.1, -0.05) is 39.0 Å². The second-order valence-corrected chi connectivity index (χ2v) is 4.52. The van der Waals surface area contributed by atoms with Crippen molar-refractivity contribution in [1.29, 1.82) is 0 Å². The maximum absolute atomic E-state index is 10.7. The molecule has 0 bridgehead atoms. The molecule has 0 saturated heterocycles. The van der Waals surface area contributed by atoms with E-state index in [-0.39, 0.29) is 0 Å². The van der Waals surface area contributed by atoms with E-state index >= 15 is 0 Å². The first-order chi connectivity index (χ1) is 7.36. The van der Waals surface area contributed by atoms with Crippen molar-refractivity contribution in [3.05, 3.63) is 5.70 Å². The maximum atomic E-state index is 10.7. The van der Waals surface area contributed by atoms with E-state index in [4.69, 9.17) is 0 Å². The molecule has 1 fully saturated rings. The van der Waals surface area contributed by atoms with Crippen molar-refractivity contribution < 1.29 is 4.79 Å². The molecule has 2 heteroatoms. The zero-order valence-electron chi connectivity index (χ0n) is 9.85. The quantitative estimate of drug-likeness (QED) is 0.537. The van der Waals surface area contributed by atoms with Gasteiger partial charge in [-0.25, -0.2) is 4.79 Å². The van der Waals surface area contributed by atoms with Crippen LogP contribution in [0.5, 0.6) is 0 Å². The molecule has 15 heavy (non-hydrogen) atoms. The van der Waals surface area contributed by atoms with Crippen LogP contribution < -0.4 is 5.32 Å². The Balaban J connectivity index is 2.23. The third-order valence-corrected chi connectivity index (χ3v) is 3.14. The number of hydrogen-bond donors (Lipinski definition) is 1. The number of rotatable bonds is 6. The zero-order valence-corrected chi connectivity index (χ0v) is 9.85. The van der Waals surface area contributed by atoms with E-state index in [9.17, 15) is 4.79 Å². The third-order valence-electron chi connectivity index (χ3n) is 3.14. The molecule has 1 N–H and O–H groups in total. The van der Waals surface area contributed by atoms with E-state index in [0.29, 0.717) is 6.04 Å². The Labute approximate surface area is 93.1 Å². The molecule has 0 unspecified atom stereocenters. The van der Waals surface area contributed by atoms with Crippen LogP contribution in [0, 0.1) is 0 Å². The summed E-state index contributed by atoms with van der Waals surface area (Å²) in [7, 11) is 0. The van der Waals surface area contributed by atoms with E-state index in [1.54, 1.807) is 0 Å². The van der Waals surface area contributed by atoms with Crippen LogP contribution in [0.25, 0.3) is 0 Å².